The minimum absolute atomic E-state index is 0.302. The van der Waals surface area contributed by atoms with Gasteiger partial charge < -0.3 is 18.9 Å². The Kier molecular flexibility index (Phi) is 3.43. The second-order valence-electron chi connectivity index (χ2n) is 4.17. The summed E-state index contributed by atoms with van der Waals surface area (Å²) in [4.78, 5) is 11.9. The normalized spacial score (nSPS) is 16.6. The lowest BCUT2D eigenvalue weighted by Gasteiger charge is -2.39. The lowest BCUT2D eigenvalue weighted by molar-refractivity contribution is -0.166. The van der Waals surface area contributed by atoms with Gasteiger partial charge in [-0.2, -0.15) is 0 Å². The smallest absolute Gasteiger partial charge is 0.321 e. The van der Waals surface area contributed by atoms with E-state index in [1.165, 1.54) is 7.11 Å². The fourth-order valence-electron chi connectivity index (χ4n) is 1.99. The van der Waals surface area contributed by atoms with Crippen LogP contribution in [0.3, 0.4) is 0 Å². The number of esters is 1. The maximum absolute atomic E-state index is 11.9. The Balaban J connectivity index is 2.45. The van der Waals surface area contributed by atoms with Gasteiger partial charge in [0.05, 0.1) is 34.5 Å². The molecule has 1 aliphatic heterocycles. The third-order valence-corrected chi connectivity index (χ3v) is 3.18. The van der Waals surface area contributed by atoms with Crippen molar-refractivity contribution in [2.75, 3.05) is 34.5 Å². The van der Waals surface area contributed by atoms with Crippen molar-refractivity contribution in [3.8, 4) is 11.5 Å². The molecule has 0 spiro atoms. The Morgan fingerprint density at radius 1 is 1.11 bits per heavy atom. The fraction of sp³-hybridized carbons (Fsp3) is 0.462. The van der Waals surface area contributed by atoms with E-state index < -0.39 is 5.41 Å². The maximum Gasteiger partial charge on any atom is 0.321 e. The average molecular weight is 252 g/mol. The van der Waals surface area contributed by atoms with Crippen molar-refractivity contribution >= 4 is 5.97 Å². The number of benzene rings is 1. The largest absolute Gasteiger partial charge is 0.497 e. The summed E-state index contributed by atoms with van der Waals surface area (Å²) in [7, 11) is 4.51. The number of carbonyl (C=O) groups is 1. The monoisotopic (exact) mass is 252 g/mol. The third kappa shape index (κ3) is 1.90. The van der Waals surface area contributed by atoms with Crippen LogP contribution in [0.2, 0.25) is 0 Å². The Morgan fingerprint density at radius 3 is 2.00 bits per heavy atom. The SMILES string of the molecule is COC(=O)C1(c2cc(OC)cc(OC)c2)COC1. The van der Waals surface area contributed by atoms with Crippen molar-refractivity contribution in [2.24, 2.45) is 0 Å². The Bertz CT molecular complexity index is 428. The molecule has 0 N–H and O–H groups in total. The molecular weight excluding hydrogens is 236 g/mol. The van der Waals surface area contributed by atoms with E-state index in [0.717, 1.165) is 5.56 Å². The molecule has 18 heavy (non-hydrogen) atoms. The molecule has 5 heteroatoms. The van der Waals surface area contributed by atoms with Crippen LogP contribution in [0.25, 0.3) is 0 Å². The van der Waals surface area contributed by atoms with Crippen molar-refractivity contribution < 1.29 is 23.7 Å². The van der Waals surface area contributed by atoms with Gasteiger partial charge in [-0.15, -0.1) is 0 Å². The first kappa shape index (κ1) is 12.7. The number of methoxy groups -OCH3 is 3. The highest BCUT2D eigenvalue weighted by molar-refractivity contribution is 5.85. The third-order valence-electron chi connectivity index (χ3n) is 3.18. The molecule has 0 saturated carbocycles. The molecule has 0 aromatic heterocycles. The summed E-state index contributed by atoms with van der Waals surface area (Å²) in [5, 5.41) is 0. The first-order valence-electron chi connectivity index (χ1n) is 5.56. The van der Waals surface area contributed by atoms with Crippen LogP contribution < -0.4 is 9.47 Å². The van der Waals surface area contributed by atoms with Gasteiger partial charge in [-0.1, -0.05) is 0 Å². The van der Waals surface area contributed by atoms with Gasteiger partial charge in [0.25, 0.3) is 0 Å². The molecule has 1 fully saturated rings. The second-order valence-corrected chi connectivity index (χ2v) is 4.17. The van der Waals surface area contributed by atoms with Crippen LogP contribution in [0.15, 0.2) is 18.2 Å². The fourth-order valence-corrected chi connectivity index (χ4v) is 1.99. The van der Waals surface area contributed by atoms with Gasteiger partial charge in [-0.25, -0.2) is 0 Å². The molecule has 2 rings (SSSR count). The van der Waals surface area contributed by atoms with Crippen molar-refractivity contribution in [1.29, 1.82) is 0 Å². The molecule has 0 aliphatic carbocycles. The topological polar surface area (TPSA) is 54.0 Å². The van der Waals surface area contributed by atoms with Crippen LogP contribution >= 0.6 is 0 Å². The van der Waals surface area contributed by atoms with E-state index in [9.17, 15) is 4.79 Å². The molecule has 5 nitrogen and oxygen atoms in total. The van der Waals surface area contributed by atoms with Crippen molar-refractivity contribution in [2.45, 2.75) is 5.41 Å². The van der Waals surface area contributed by atoms with Crippen molar-refractivity contribution in [1.82, 2.24) is 0 Å². The van der Waals surface area contributed by atoms with Crippen LogP contribution in [0, 0.1) is 0 Å². The number of hydrogen-bond donors (Lipinski definition) is 0. The lowest BCUT2D eigenvalue weighted by Crippen LogP contribution is -2.53. The quantitative estimate of drug-likeness (QED) is 0.752. The molecule has 1 aromatic carbocycles. The van der Waals surface area contributed by atoms with Crippen LogP contribution in [0.1, 0.15) is 5.56 Å². The van der Waals surface area contributed by atoms with E-state index >= 15 is 0 Å². The van der Waals surface area contributed by atoms with Crippen LogP contribution in [0.5, 0.6) is 11.5 Å². The molecular formula is C13H16O5. The van der Waals surface area contributed by atoms with E-state index in [2.05, 4.69) is 0 Å². The minimum atomic E-state index is -0.740. The van der Waals surface area contributed by atoms with Gasteiger partial charge in [0.2, 0.25) is 0 Å². The van der Waals surface area contributed by atoms with Gasteiger partial charge in [-0.3, -0.25) is 4.79 Å². The number of carbonyl (C=O) groups excluding carboxylic acids is 1. The van der Waals surface area contributed by atoms with E-state index in [1.54, 1.807) is 20.3 Å². The summed E-state index contributed by atoms with van der Waals surface area (Å²) in [6.45, 7) is 0.631. The van der Waals surface area contributed by atoms with Crippen molar-refractivity contribution in [3.05, 3.63) is 23.8 Å². The highest BCUT2D eigenvalue weighted by atomic mass is 16.5. The maximum atomic E-state index is 11.9. The molecule has 98 valence electrons. The van der Waals surface area contributed by atoms with Crippen LogP contribution in [0.4, 0.5) is 0 Å². The number of hydrogen-bond acceptors (Lipinski definition) is 5. The predicted octanol–water partition coefficient (Wildman–Crippen LogP) is 1.14. The number of ether oxygens (including phenoxy) is 4. The summed E-state index contributed by atoms with van der Waals surface area (Å²) in [6.07, 6.45) is 0. The predicted molar refractivity (Wildman–Crippen MR) is 64.1 cm³/mol. The van der Waals surface area contributed by atoms with Gasteiger partial charge in [0.15, 0.2) is 0 Å². The van der Waals surface area contributed by atoms with Gasteiger partial charge in [0, 0.05) is 6.07 Å². The summed E-state index contributed by atoms with van der Waals surface area (Å²) in [6, 6.07) is 5.37. The summed E-state index contributed by atoms with van der Waals surface area (Å²) >= 11 is 0. The van der Waals surface area contributed by atoms with Crippen molar-refractivity contribution in [3.63, 3.8) is 0 Å². The zero-order chi connectivity index (χ0) is 13.2. The van der Waals surface area contributed by atoms with Gasteiger partial charge in [-0.05, 0) is 17.7 Å². The average Bonchev–Trinajstić information content (AvgIpc) is 2.36. The molecule has 0 amide bonds. The molecule has 1 aromatic rings. The molecule has 0 bridgehead atoms. The standard InChI is InChI=1S/C13H16O5/c1-15-10-4-9(5-11(6-10)16-2)13(7-18-8-13)12(14)17-3/h4-6H,7-8H2,1-3H3. The Hall–Kier alpha value is -1.75. The minimum Gasteiger partial charge on any atom is -0.497 e. The summed E-state index contributed by atoms with van der Waals surface area (Å²) < 4.78 is 20.4. The van der Waals surface area contributed by atoms with E-state index in [4.69, 9.17) is 18.9 Å². The van der Waals surface area contributed by atoms with Gasteiger partial charge >= 0.3 is 5.97 Å². The van der Waals surface area contributed by atoms with Crippen LogP contribution in [-0.2, 0) is 19.7 Å². The van der Waals surface area contributed by atoms with E-state index in [-0.39, 0.29) is 5.97 Å². The number of rotatable bonds is 4. The molecule has 0 unspecified atom stereocenters. The molecule has 0 atom stereocenters. The van der Waals surface area contributed by atoms with E-state index in [1.807, 2.05) is 12.1 Å². The molecule has 1 saturated heterocycles. The zero-order valence-electron chi connectivity index (χ0n) is 10.7. The first-order chi connectivity index (χ1) is 8.66. The first-order valence-corrected chi connectivity index (χ1v) is 5.56. The highest BCUT2D eigenvalue weighted by Gasteiger charge is 2.49. The second kappa shape index (κ2) is 4.86. The molecule has 1 heterocycles. The Labute approximate surface area is 106 Å². The zero-order valence-corrected chi connectivity index (χ0v) is 10.7. The Morgan fingerprint density at radius 2 is 1.67 bits per heavy atom. The van der Waals surface area contributed by atoms with Crippen LogP contribution in [-0.4, -0.2) is 40.5 Å². The van der Waals surface area contributed by atoms with E-state index in [0.29, 0.717) is 24.7 Å². The summed E-state index contributed by atoms with van der Waals surface area (Å²) in [5.74, 6) is 0.975. The molecule has 0 radical (unpaired) electrons. The van der Waals surface area contributed by atoms with Gasteiger partial charge in [0.1, 0.15) is 16.9 Å². The molecule has 1 aliphatic rings. The summed E-state index contributed by atoms with van der Waals surface area (Å²) in [5.41, 5.74) is 0.0492. The highest BCUT2D eigenvalue weighted by Crippen LogP contribution is 2.37. The lowest BCUT2D eigenvalue weighted by atomic mass is 9.78.